The standard InChI is InChI=1S/C30H37N3O3S/c1-5-31(6-2)21-11-12-27-25(19-21)33-24-10-8-7-9-23(24)29(3,4)30(33,36-27)14-13-22-26(20-37-28(22)34)32-15-17-35-18-16-32/h7-10,13-14,19-20,22H,5-6,11-12,15-18H2,1-4H3/b14-13+. The number of anilines is 1. The Balaban J connectivity index is 1.41. The Labute approximate surface area is 224 Å². The summed E-state index contributed by atoms with van der Waals surface area (Å²) in [6.07, 6.45) is 8.52. The third-order valence-corrected chi connectivity index (χ3v) is 9.54. The van der Waals surface area contributed by atoms with Crippen LogP contribution in [0.1, 0.15) is 46.1 Å². The molecule has 6 rings (SSSR count). The van der Waals surface area contributed by atoms with Crippen LogP contribution < -0.4 is 4.90 Å². The van der Waals surface area contributed by atoms with Crippen LogP contribution in [0.25, 0.3) is 0 Å². The van der Waals surface area contributed by atoms with Crippen LogP contribution in [-0.4, -0.2) is 60.0 Å². The van der Waals surface area contributed by atoms with Crippen molar-refractivity contribution in [3.8, 4) is 0 Å². The van der Waals surface area contributed by atoms with Gasteiger partial charge in [-0.15, -0.1) is 0 Å². The Morgan fingerprint density at radius 3 is 2.65 bits per heavy atom. The fraction of sp³-hybridized carbons (Fsp3) is 0.500. The first-order chi connectivity index (χ1) is 17.9. The molecule has 37 heavy (non-hydrogen) atoms. The highest BCUT2D eigenvalue weighted by Crippen LogP contribution is 2.60. The van der Waals surface area contributed by atoms with E-state index in [2.05, 4.69) is 84.9 Å². The normalized spacial score (nSPS) is 28.2. The van der Waals surface area contributed by atoms with Gasteiger partial charge >= 0.3 is 0 Å². The number of carbonyl (C=O) groups excluding carboxylic acids is 1. The molecule has 1 fully saturated rings. The van der Waals surface area contributed by atoms with E-state index in [4.69, 9.17) is 9.47 Å². The topological polar surface area (TPSA) is 45.3 Å². The van der Waals surface area contributed by atoms with Crippen LogP contribution in [0.4, 0.5) is 5.69 Å². The van der Waals surface area contributed by atoms with E-state index in [1.54, 1.807) is 0 Å². The number of carbonyl (C=O) groups is 1. The predicted molar refractivity (Wildman–Crippen MR) is 149 cm³/mol. The number of ether oxygens (including phenoxy) is 2. The molecule has 2 unspecified atom stereocenters. The first-order valence-electron chi connectivity index (χ1n) is 13.6. The number of fused-ring (bicyclic) bond motifs is 4. The van der Waals surface area contributed by atoms with Crippen molar-refractivity contribution in [1.29, 1.82) is 0 Å². The highest BCUT2D eigenvalue weighted by molar-refractivity contribution is 8.16. The molecule has 0 radical (unpaired) electrons. The molecule has 2 atom stereocenters. The van der Waals surface area contributed by atoms with Crippen LogP contribution in [0.3, 0.4) is 0 Å². The lowest BCUT2D eigenvalue weighted by atomic mass is 9.77. The zero-order valence-corrected chi connectivity index (χ0v) is 23.1. The molecule has 0 amide bonds. The van der Waals surface area contributed by atoms with Crippen LogP contribution in [0, 0.1) is 5.92 Å². The number of hydrogen-bond acceptors (Lipinski definition) is 7. The van der Waals surface area contributed by atoms with E-state index in [9.17, 15) is 4.79 Å². The molecule has 1 aromatic carbocycles. The maximum atomic E-state index is 13.1. The second-order valence-corrected chi connectivity index (χ2v) is 11.7. The highest BCUT2D eigenvalue weighted by atomic mass is 32.2. The molecule has 5 aliphatic rings. The van der Waals surface area contributed by atoms with Crippen molar-refractivity contribution in [2.75, 3.05) is 44.3 Å². The molecule has 4 heterocycles. The number of allylic oxidation sites excluding steroid dienone is 4. The largest absolute Gasteiger partial charge is 0.465 e. The van der Waals surface area contributed by atoms with Crippen molar-refractivity contribution in [3.63, 3.8) is 0 Å². The highest BCUT2D eigenvalue weighted by Gasteiger charge is 2.62. The zero-order chi connectivity index (χ0) is 25.8. The van der Waals surface area contributed by atoms with Gasteiger partial charge in [0.05, 0.1) is 30.2 Å². The van der Waals surface area contributed by atoms with Gasteiger partial charge < -0.3 is 19.3 Å². The van der Waals surface area contributed by atoms with Gasteiger partial charge in [0.15, 0.2) is 0 Å². The Hall–Kier alpha value is -2.64. The second kappa shape index (κ2) is 9.28. The molecule has 0 aromatic heterocycles. The second-order valence-electron chi connectivity index (χ2n) is 10.8. The summed E-state index contributed by atoms with van der Waals surface area (Å²) >= 11 is 1.31. The van der Waals surface area contributed by atoms with Gasteiger partial charge in [-0.3, -0.25) is 9.69 Å². The monoisotopic (exact) mass is 519 g/mol. The molecule has 0 spiro atoms. The van der Waals surface area contributed by atoms with E-state index in [1.807, 2.05) is 5.41 Å². The van der Waals surface area contributed by atoms with Gasteiger partial charge in [0.2, 0.25) is 10.8 Å². The van der Waals surface area contributed by atoms with Gasteiger partial charge in [-0.05, 0) is 63.3 Å². The summed E-state index contributed by atoms with van der Waals surface area (Å²) in [6, 6.07) is 8.66. The fourth-order valence-corrected chi connectivity index (χ4v) is 7.45. The fourth-order valence-electron chi connectivity index (χ4n) is 6.57. The van der Waals surface area contributed by atoms with Gasteiger partial charge in [-0.25, -0.2) is 0 Å². The third kappa shape index (κ3) is 3.68. The number of para-hydroxylation sites is 1. The Bertz CT molecular complexity index is 1220. The first kappa shape index (κ1) is 24.7. The van der Waals surface area contributed by atoms with Crippen molar-refractivity contribution in [2.24, 2.45) is 5.92 Å². The smallest absolute Gasteiger partial charge is 0.215 e. The quantitative estimate of drug-likeness (QED) is 0.469. The van der Waals surface area contributed by atoms with Crippen LogP contribution in [0.2, 0.25) is 0 Å². The number of morpholine rings is 1. The molecule has 1 aliphatic carbocycles. The predicted octanol–water partition coefficient (Wildman–Crippen LogP) is 5.36. The number of rotatable bonds is 6. The van der Waals surface area contributed by atoms with Gasteiger partial charge in [-0.1, -0.05) is 36.0 Å². The molecule has 7 heteroatoms. The SMILES string of the molecule is CCN(CC)C1=CC2=C(CC1)OC1(/C=C/C3C(=O)SC=C3N3CCOCC3)N2c2ccccc2C1(C)C. The Morgan fingerprint density at radius 2 is 1.89 bits per heavy atom. The summed E-state index contributed by atoms with van der Waals surface area (Å²) < 4.78 is 12.6. The molecular formula is C30H37N3O3S. The molecule has 1 saturated heterocycles. The van der Waals surface area contributed by atoms with Crippen molar-refractivity contribution in [2.45, 2.75) is 51.7 Å². The summed E-state index contributed by atoms with van der Waals surface area (Å²) in [5.74, 6) is 0.779. The molecule has 4 aliphatic heterocycles. The van der Waals surface area contributed by atoms with Gasteiger partial charge in [0.1, 0.15) is 5.76 Å². The molecule has 196 valence electrons. The summed E-state index contributed by atoms with van der Waals surface area (Å²) in [7, 11) is 0. The zero-order valence-electron chi connectivity index (χ0n) is 22.3. The van der Waals surface area contributed by atoms with Gasteiger partial charge in [-0.2, -0.15) is 0 Å². The molecule has 0 bridgehead atoms. The molecule has 6 nitrogen and oxygen atoms in total. The summed E-state index contributed by atoms with van der Waals surface area (Å²) in [6.45, 7) is 14.0. The molecular weight excluding hydrogens is 482 g/mol. The lowest BCUT2D eigenvalue weighted by Gasteiger charge is -2.41. The number of benzene rings is 1. The molecule has 0 saturated carbocycles. The maximum absolute atomic E-state index is 13.1. The van der Waals surface area contributed by atoms with Crippen LogP contribution in [0.15, 0.2) is 70.8 Å². The number of thioether (sulfide) groups is 1. The molecule has 1 aromatic rings. The average Bonchev–Trinajstić information content (AvgIpc) is 3.51. The van der Waals surface area contributed by atoms with Crippen LogP contribution in [0.5, 0.6) is 0 Å². The maximum Gasteiger partial charge on any atom is 0.215 e. The number of hydrogen-bond donors (Lipinski definition) is 0. The van der Waals surface area contributed by atoms with E-state index in [1.165, 1.54) is 28.7 Å². The van der Waals surface area contributed by atoms with Crippen molar-refractivity contribution in [3.05, 3.63) is 76.3 Å². The summed E-state index contributed by atoms with van der Waals surface area (Å²) in [5, 5.41) is 2.21. The van der Waals surface area contributed by atoms with Gasteiger partial charge in [0, 0.05) is 49.7 Å². The van der Waals surface area contributed by atoms with Crippen molar-refractivity contribution < 1.29 is 14.3 Å². The Morgan fingerprint density at radius 1 is 1.14 bits per heavy atom. The van der Waals surface area contributed by atoms with Crippen molar-refractivity contribution in [1.82, 2.24) is 9.80 Å². The van der Waals surface area contributed by atoms with E-state index >= 15 is 0 Å². The Kier molecular flexibility index (Phi) is 6.19. The van der Waals surface area contributed by atoms with E-state index in [0.29, 0.717) is 13.2 Å². The minimum absolute atomic E-state index is 0.174. The van der Waals surface area contributed by atoms with Crippen LogP contribution >= 0.6 is 11.8 Å². The van der Waals surface area contributed by atoms with Crippen LogP contribution in [-0.2, 0) is 19.7 Å². The van der Waals surface area contributed by atoms with E-state index in [-0.39, 0.29) is 16.4 Å². The van der Waals surface area contributed by atoms with Gasteiger partial charge in [0.25, 0.3) is 0 Å². The van der Waals surface area contributed by atoms with E-state index in [0.717, 1.165) is 56.2 Å². The lowest BCUT2D eigenvalue weighted by Crippen LogP contribution is -2.52. The molecule has 0 N–H and O–H groups in total. The van der Waals surface area contributed by atoms with Crippen molar-refractivity contribution >= 4 is 22.6 Å². The first-order valence-corrected chi connectivity index (χ1v) is 14.5. The van der Waals surface area contributed by atoms with E-state index < -0.39 is 5.72 Å². The lowest BCUT2D eigenvalue weighted by molar-refractivity contribution is -0.112. The number of nitrogens with zero attached hydrogens (tertiary/aromatic N) is 3. The summed E-state index contributed by atoms with van der Waals surface area (Å²) in [4.78, 5) is 20.2. The summed E-state index contributed by atoms with van der Waals surface area (Å²) in [5.41, 5.74) is 5.03. The minimum atomic E-state index is -0.722. The average molecular weight is 520 g/mol. The third-order valence-electron chi connectivity index (χ3n) is 8.69. The minimum Gasteiger partial charge on any atom is -0.465 e.